The van der Waals surface area contributed by atoms with Crippen LogP contribution in [0, 0.1) is 5.92 Å². The van der Waals surface area contributed by atoms with Gasteiger partial charge in [-0.15, -0.1) is 0 Å². The lowest BCUT2D eigenvalue weighted by atomic mass is 10.0. The highest BCUT2D eigenvalue weighted by molar-refractivity contribution is 5.80. The predicted molar refractivity (Wildman–Crippen MR) is 74.8 cm³/mol. The lowest BCUT2D eigenvalue weighted by molar-refractivity contribution is -0.149. The summed E-state index contributed by atoms with van der Waals surface area (Å²) >= 11 is 0. The molecule has 0 bridgehead atoms. The average Bonchev–Trinajstić information content (AvgIpc) is 2.39. The van der Waals surface area contributed by atoms with Crippen molar-refractivity contribution in [3.8, 4) is 0 Å². The van der Waals surface area contributed by atoms with Gasteiger partial charge in [0.25, 0.3) is 0 Å². The molecule has 0 aromatic heterocycles. The topological polar surface area (TPSA) is 124 Å². The van der Waals surface area contributed by atoms with Crippen molar-refractivity contribution < 1.29 is 34.8 Å². The van der Waals surface area contributed by atoms with Crippen molar-refractivity contribution in [3.63, 3.8) is 0 Å². The number of carboxylic acids is 2. The van der Waals surface area contributed by atoms with E-state index < -0.39 is 36.2 Å². The minimum atomic E-state index is -1.45. The number of aliphatic carboxylic acids is 2. The fourth-order valence-electron chi connectivity index (χ4n) is 1.46. The number of aliphatic hydroxyl groups excluding tert-OH is 2. The van der Waals surface area contributed by atoms with Crippen LogP contribution in [0.3, 0.4) is 0 Å². The number of hydrogen-bond acceptors (Lipinski definition) is 5. The van der Waals surface area contributed by atoms with E-state index in [9.17, 15) is 19.8 Å². The van der Waals surface area contributed by atoms with E-state index in [1.54, 1.807) is 6.92 Å². The monoisotopic (exact) mass is 302 g/mol. The molecule has 4 atom stereocenters. The Balaban J connectivity index is 4.28. The molecule has 7 nitrogen and oxygen atoms in total. The third kappa shape index (κ3) is 8.96. The first-order chi connectivity index (χ1) is 9.75. The Morgan fingerprint density at radius 3 is 2.24 bits per heavy atom. The quantitative estimate of drug-likeness (QED) is 0.340. The molecule has 0 aromatic rings. The lowest BCUT2D eigenvalue weighted by Crippen LogP contribution is -2.30. The Morgan fingerprint density at radius 1 is 1.14 bits per heavy atom. The Kier molecular flexibility index (Phi) is 9.27. The summed E-state index contributed by atoms with van der Waals surface area (Å²) in [5.74, 6) is -2.84. The largest absolute Gasteiger partial charge is 0.479 e. The maximum Gasteiger partial charge on any atom is 0.332 e. The number of rotatable bonds is 10. The molecular formula is C14H22O7. The highest BCUT2D eigenvalue weighted by Crippen LogP contribution is 2.11. The zero-order chi connectivity index (χ0) is 16.4. The van der Waals surface area contributed by atoms with Gasteiger partial charge in [0.15, 0.2) is 6.10 Å². The molecule has 21 heavy (non-hydrogen) atoms. The molecule has 0 aliphatic heterocycles. The number of aliphatic hydroxyl groups is 2. The molecule has 0 rings (SSSR count). The van der Waals surface area contributed by atoms with Crippen molar-refractivity contribution in [3.05, 3.63) is 24.3 Å². The zero-order valence-electron chi connectivity index (χ0n) is 12.0. The van der Waals surface area contributed by atoms with Crippen LogP contribution < -0.4 is 0 Å². The Labute approximate surface area is 123 Å². The Bertz CT molecular complexity index is 387. The van der Waals surface area contributed by atoms with E-state index in [1.807, 2.05) is 0 Å². The number of allylic oxidation sites excluding steroid dienone is 2. The van der Waals surface area contributed by atoms with Crippen LogP contribution in [0.5, 0.6) is 0 Å². The van der Waals surface area contributed by atoms with Crippen molar-refractivity contribution in [1.82, 2.24) is 0 Å². The van der Waals surface area contributed by atoms with Gasteiger partial charge < -0.3 is 25.2 Å². The van der Waals surface area contributed by atoms with Crippen LogP contribution in [0.25, 0.3) is 0 Å². The van der Waals surface area contributed by atoms with Gasteiger partial charge in [0, 0.05) is 12.7 Å². The molecule has 0 fully saturated rings. The number of carboxylic acid groups (broad SMARTS) is 2. The van der Waals surface area contributed by atoms with Crippen LogP contribution >= 0.6 is 0 Å². The maximum atomic E-state index is 10.6. The molecule has 4 N–H and O–H groups in total. The van der Waals surface area contributed by atoms with Crippen molar-refractivity contribution in [2.45, 2.75) is 38.6 Å². The van der Waals surface area contributed by atoms with Gasteiger partial charge in [-0.1, -0.05) is 25.2 Å². The third-order valence-electron chi connectivity index (χ3n) is 2.80. The first-order valence-electron chi connectivity index (χ1n) is 6.54. The molecule has 7 heteroatoms. The highest BCUT2D eigenvalue weighted by atomic mass is 16.5. The van der Waals surface area contributed by atoms with Crippen LogP contribution in [-0.4, -0.2) is 57.3 Å². The molecule has 0 saturated heterocycles. The van der Waals surface area contributed by atoms with Gasteiger partial charge in [-0.3, -0.25) is 0 Å². The average molecular weight is 302 g/mol. The molecule has 0 aromatic carbocycles. The van der Waals surface area contributed by atoms with Crippen LogP contribution in [0.2, 0.25) is 0 Å². The summed E-state index contributed by atoms with van der Waals surface area (Å²) in [7, 11) is 0. The minimum absolute atomic E-state index is 0.161. The fourth-order valence-corrected chi connectivity index (χ4v) is 1.46. The molecule has 0 amide bonds. The zero-order valence-corrected chi connectivity index (χ0v) is 12.0. The van der Waals surface area contributed by atoms with Gasteiger partial charge >= 0.3 is 11.9 Å². The van der Waals surface area contributed by atoms with E-state index in [4.69, 9.17) is 14.9 Å². The third-order valence-corrected chi connectivity index (χ3v) is 2.80. The molecule has 0 heterocycles. The minimum Gasteiger partial charge on any atom is -0.479 e. The number of carbonyl (C=O) groups is 2. The highest BCUT2D eigenvalue weighted by Gasteiger charge is 2.21. The van der Waals surface area contributed by atoms with Crippen LogP contribution in [0.1, 0.15) is 20.3 Å². The van der Waals surface area contributed by atoms with Gasteiger partial charge in [-0.2, -0.15) is 0 Å². The van der Waals surface area contributed by atoms with E-state index in [2.05, 4.69) is 0 Å². The number of ether oxygens (including phenoxy) is 1. The molecule has 0 radical (unpaired) electrons. The lowest BCUT2D eigenvalue weighted by Gasteiger charge is -2.19. The van der Waals surface area contributed by atoms with Crippen molar-refractivity contribution in [2.75, 3.05) is 6.61 Å². The molecular weight excluding hydrogens is 280 g/mol. The predicted octanol–water partition coefficient (Wildman–Crippen LogP) is 0.421. The standard InChI is InChI=1S/C14H22O7/c1-9(13(18)14(19)20)7-8-21-11(10(2)15)5-3-4-6-12(16)17/h3-6,9-11,13,15,18H,7-8H2,1-2H3,(H,16,17)(H,19,20)/b5-3+,6-4-/t9-,10?,11?,13+/m1/s1. The summed E-state index contributed by atoms with van der Waals surface area (Å²) in [6, 6.07) is 0. The first-order valence-corrected chi connectivity index (χ1v) is 6.54. The van der Waals surface area contributed by atoms with E-state index in [1.165, 1.54) is 25.2 Å². The molecule has 2 unspecified atom stereocenters. The molecule has 0 aliphatic rings. The van der Waals surface area contributed by atoms with Gasteiger partial charge in [0.1, 0.15) is 6.10 Å². The fraction of sp³-hybridized carbons (Fsp3) is 0.571. The summed E-state index contributed by atoms with van der Waals surface area (Å²) in [5, 5.41) is 35.9. The smallest absolute Gasteiger partial charge is 0.332 e. The van der Waals surface area contributed by atoms with E-state index in [-0.39, 0.29) is 6.61 Å². The normalized spacial score (nSPS) is 17.7. The molecule has 0 aliphatic carbocycles. The van der Waals surface area contributed by atoms with E-state index in [0.717, 1.165) is 6.08 Å². The Hall–Kier alpha value is -1.70. The first kappa shape index (κ1) is 19.3. The van der Waals surface area contributed by atoms with Gasteiger partial charge in [-0.25, -0.2) is 9.59 Å². The van der Waals surface area contributed by atoms with Crippen LogP contribution in [-0.2, 0) is 14.3 Å². The van der Waals surface area contributed by atoms with Crippen molar-refractivity contribution in [2.24, 2.45) is 5.92 Å². The van der Waals surface area contributed by atoms with E-state index in [0.29, 0.717) is 6.42 Å². The summed E-state index contributed by atoms with van der Waals surface area (Å²) in [6.45, 7) is 3.27. The molecule has 120 valence electrons. The van der Waals surface area contributed by atoms with Crippen molar-refractivity contribution in [1.29, 1.82) is 0 Å². The SMILES string of the molecule is CC(O)C(/C=C/C=C\C(=O)O)OCC[C@@H](C)[C@H](O)C(=O)O. The summed E-state index contributed by atoms with van der Waals surface area (Å²) in [4.78, 5) is 20.8. The second-order valence-corrected chi connectivity index (χ2v) is 4.71. The van der Waals surface area contributed by atoms with Gasteiger partial charge in [0.05, 0.1) is 6.10 Å². The van der Waals surface area contributed by atoms with Gasteiger partial charge in [0.2, 0.25) is 0 Å². The number of hydrogen-bond donors (Lipinski definition) is 4. The summed E-state index contributed by atoms with van der Waals surface area (Å²) in [6.07, 6.45) is 2.61. The van der Waals surface area contributed by atoms with Crippen LogP contribution in [0.4, 0.5) is 0 Å². The van der Waals surface area contributed by atoms with Gasteiger partial charge in [-0.05, 0) is 19.3 Å². The Morgan fingerprint density at radius 2 is 1.76 bits per heavy atom. The second-order valence-electron chi connectivity index (χ2n) is 4.71. The second kappa shape index (κ2) is 10.1. The van der Waals surface area contributed by atoms with Crippen LogP contribution in [0.15, 0.2) is 24.3 Å². The summed E-state index contributed by atoms with van der Waals surface area (Å²) < 4.78 is 5.39. The van der Waals surface area contributed by atoms with Crippen molar-refractivity contribution >= 4 is 11.9 Å². The molecule has 0 saturated carbocycles. The summed E-state index contributed by atoms with van der Waals surface area (Å²) in [5.41, 5.74) is 0. The molecule has 0 spiro atoms. The maximum absolute atomic E-state index is 10.6. The van der Waals surface area contributed by atoms with E-state index >= 15 is 0 Å².